The Morgan fingerprint density at radius 3 is 2.47 bits per heavy atom. The highest BCUT2D eigenvalue weighted by atomic mass is 19.1. The lowest BCUT2D eigenvalue weighted by Crippen LogP contribution is -2.29. The number of carboxylic acids is 1. The summed E-state index contributed by atoms with van der Waals surface area (Å²) in [6, 6.07) is 19.0. The summed E-state index contributed by atoms with van der Waals surface area (Å²) < 4.78 is 26.3. The highest BCUT2D eigenvalue weighted by Crippen LogP contribution is 2.45. The Kier molecular flexibility index (Phi) is 6.99. The van der Waals surface area contributed by atoms with Crippen LogP contribution in [0.2, 0.25) is 0 Å². The third-order valence-electron chi connectivity index (χ3n) is 8.01. The van der Waals surface area contributed by atoms with Crippen molar-refractivity contribution in [2.45, 2.75) is 57.5 Å². The molecular weight excluding hydrogens is 455 g/mol. The third-order valence-corrected chi connectivity index (χ3v) is 8.01. The molecule has 1 aliphatic carbocycles. The molecule has 0 aromatic heterocycles. The highest BCUT2D eigenvalue weighted by molar-refractivity contribution is 5.71. The monoisotopic (exact) mass is 488 g/mol. The number of hydrogen-bond donors (Lipinski definition) is 1. The van der Waals surface area contributed by atoms with Gasteiger partial charge in [0.2, 0.25) is 0 Å². The summed E-state index contributed by atoms with van der Waals surface area (Å²) in [5.74, 6) is 0.441. The van der Waals surface area contributed by atoms with Crippen molar-refractivity contribution in [1.29, 1.82) is 0 Å². The van der Waals surface area contributed by atoms with Crippen LogP contribution in [0.1, 0.15) is 67.7 Å². The molecule has 0 radical (unpaired) electrons. The second-order valence-electron chi connectivity index (χ2n) is 10.2. The normalized spacial score (nSPS) is 19.2. The first-order valence-electron chi connectivity index (χ1n) is 12.9. The quantitative estimate of drug-likeness (QED) is 0.373. The number of ether oxygens (including phenoxy) is 2. The van der Waals surface area contributed by atoms with Gasteiger partial charge in [-0.2, -0.15) is 0 Å². The van der Waals surface area contributed by atoms with Crippen LogP contribution in [0.5, 0.6) is 11.5 Å². The van der Waals surface area contributed by atoms with Crippen molar-refractivity contribution in [2.24, 2.45) is 11.8 Å². The molecule has 0 spiro atoms. The smallest absolute Gasteiger partial charge is 0.306 e. The number of hydrogen-bond acceptors (Lipinski definition) is 3. The van der Waals surface area contributed by atoms with Gasteiger partial charge in [0, 0.05) is 5.56 Å². The second-order valence-corrected chi connectivity index (χ2v) is 10.2. The van der Waals surface area contributed by atoms with Gasteiger partial charge in [0.05, 0.1) is 13.0 Å². The van der Waals surface area contributed by atoms with Crippen LogP contribution >= 0.6 is 0 Å². The summed E-state index contributed by atoms with van der Waals surface area (Å²) >= 11 is 0. The second kappa shape index (κ2) is 10.3. The average molecular weight is 489 g/mol. The van der Waals surface area contributed by atoms with Gasteiger partial charge in [-0.15, -0.1) is 0 Å². The lowest BCUT2D eigenvalue weighted by atomic mass is 9.68. The van der Waals surface area contributed by atoms with Crippen molar-refractivity contribution in [3.05, 3.63) is 83.2 Å². The Morgan fingerprint density at radius 1 is 1.03 bits per heavy atom. The molecule has 2 aliphatic rings. The standard InChI is InChI=1S/C31H33FO4/c1-19(31(33)34)30(23-6-3-7-23)24-14-13-21-5-4-8-28(36-29(21)17-24)22-11-9-20(10-12-22)26-18-25(35-2)15-16-27(26)32/h9-19,23,28,30H,3-8H2,1-2H3,(H,33,34)/t19-,28+,30-/m0/s1. The number of fused-ring (bicyclic) bond motifs is 1. The van der Waals surface area contributed by atoms with Gasteiger partial charge in [0.25, 0.3) is 0 Å². The Balaban J connectivity index is 1.40. The van der Waals surface area contributed by atoms with E-state index in [4.69, 9.17) is 9.47 Å². The number of methoxy groups -OCH3 is 1. The summed E-state index contributed by atoms with van der Waals surface area (Å²) in [6.07, 6.45) is 6.06. The molecule has 3 aromatic rings. The zero-order chi connectivity index (χ0) is 25.2. The molecule has 1 N–H and O–H groups in total. The molecule has 1 saturated carbocycles. The summed E-state index contributed by atoms with van der Waals surface area (Å²) in [5.41, 5.74) is 4.59. The molecule has 0 unspecified atom stereocenters. The zero-order valence-electron chi connectivity index (χ0n) is 20.9. The molecule has 1 aliphatic heterocycles. The molecule has 3 aromatic carbocycles. The summed E-state index contributed by atoms with van der Waals surface area (Å²) in [5, 5.41) is 9.75. The van der Waals surface area contributed by atoms with Crippen LogP contribution in [-0.2, 0) is 11.2 Å². The van der Waals surface area contributed by atoms with E-state index in [0.29, 0.717) is 17.2 Å². The average Bonchev–Trinajstić information content (AvgIpc) is 3.08. The lowest BCUT2D eigenvalue weighted by molar-refractivity contribution is -0.142. The number of benzene rings is 3. The number of carbonyl (C=O) groups is 1. The van der Waals surface area contributed by atoms with E-state index in [1.165, 1.54) is 18.1 Å². The van der Waals surface area contributed by atoms with E-state index >= 15 is 0 Å². The molecule has 5 rings (SSSR count). The van der Waals surface area contributed by atoms with Gasteiger partial charge in [-0.05, 0) is 90.5 Å². The van der Waals surface area contributed by atoms with E-state index in [1.807, 2.05) is 31.2 Å². The zero-order valence-corrected chi connectivity index (χ0v) is 20.9. The molecule has 4 nitrogen and oxygen atoms in total. The molecular formula is C31H33FO4. The van der Waals surface area contributed by atoms with Crippen molar-refractivity contribution >= 4 is 5.97 Å². The van der Waals surface area contributed by atoms with E-state index in [9.17, 15) is 14.3 Å². The summed E-state index contributed by atoms with van der Waals surface area (Å²) in [6.45, 7) is 1.83. The first kappa shape index (κ1) is 24.4. The van der Waals surface area contributed by atoms with Crippen LogP contribution in [0.4, 0.5) is 4.39 Å². The van der Waals surface area contributed by atoms with Crippen LogP contribution in [0.25, 0.3) is 11.1 Å². The fourth-order valence-corrected chi connectivity index (χ4v) is 5.67. The minimum atomic E-state index is -0.742. The van der Waals surface area contributed by atoms with Gasteiger partial charge < -0.3 is 14.6 Å². The maximum absolute atomic E-state index is 14.4. The largest absolute Gasteiger partial charge is 0.497 e. The molecule has 36 heavy (non-hydrogen) atoms. The minimum Gasteiger partial charge on any atom is -0.497 e. The van der Waals surface area contributed by atoms with Crippen LogP contribution < -0.4 is 9.47 Å². The number of halogens is 1. The molecule has 1 heterocycles. The van der Waals surface area contributed by atoms with Crippen molar-refractivity contribution in [3.63, 3.8) is 0 Å². The number of rotatable bonds is 7. The SMILES string of the molecule is COc1ccc(F)c(-c2ccc([C@H]3CCCc4ccc([C@H](C5CCC5)[C@H](C)C(=O)O)cc4O3)cc2)c1. The van der Waals surface area contributed by atoms with E-state index in [1.54, 1.807) is 19.2 Å². The lowest BCUT2D eigenvalue weighted by Gasteiger charge is -2.36. The van der Waals surface area contributed by atoms with Crippen LogP contribution in [0.15, 0.2) is 60.7 Å². The fourth-order valence-electron chi connectivity index (χ4n) is 5.67. The van der Waals surface area contributed by atoms with Gasteiger partial charge in [0.1, 0.15) is 23.4 Å². The van der Waals surface area contributed by atoms with Crippen molar-refractivity contribution in [2.75, 3.05) is 7.11 Å². The highest BCUT2D eigenvalue weighted by Gasteiger charge is 2.36. The van der Waals surface area contributed by atoms with Crippen molar-refractivity contribution in [1.82, 2.24) is 0 Å². The molecule has 0 bridgehead atoms. The van der Waals surface area contributed by atoms with Gasteiger partial charge in [-0.3, -0.25) is 4.79 Å². The maximum atomic E-state index is 14.4. The Bertz CT molecular complexity index is 1230. The predicted molar refractivity (Wildman–Crippen MR) is 138 cm³/mol. The van der Waals surface area contributed by atoms with Gasteiger partial charge in [-0.1, -0.05) is 49.7 Å². The van der Waals surface area contributed by atoms with Crippen LogP contribution in [0, 0.1) is 17.7 Å². The molecule has 188 valence electrons. The van der Waals surface area contributed by atoms with Gasteiger partial charge >= 0.3 is 5.97 Å². The Hall–Kier alpha value is -3.34. The van der Waals surface area contributed by atoms with E-state index in [0.717, 1.165) is 54.5 Å². The Morgan fingerprint density at radius 2 is 1.81 bits per heavy atom. The van der Waals surface area contributed by atoms with Crippen molar-refractivity contribution in [3.8, 4) is 22.6 Å². The van der Waals surface area contributed by atoms with E-state index < -0.39 is 11.9 Å². The van der Waals surface area contributed by atoms with Crippen LogP contribution in [0.3, 0.4) is 0 Å². The molecule has 0 amide bonds. The van der Waals surface area contributed by atoms with Gasteiger partial charge in [-0.25, -0.2) is 4.39 Å². The summed E-state index contributed by atoms with van der Waals surface area (Å²) in [4.78, 5) is 11.9. The Labute approximate surface area is 212 Å². The minimum absolute atomic E-state index is 0.00361. The number of carboxylic acid groups (broad SMARTS) is 1. The van der Waals surface area contributed by atoms with Crippen molar-refractivity contribution < 1.29 is 23.8 Å². The number of aryl methyl sites for hydroxylation is 1. The third kappa shape index (κ3) is 4.84. The van der Waals surface area contributed by atoms with E-state index in [2.05, 4.69) is 18.2 Å². The van der Waals surface area contributed by atoms with E-state index in [-0.39, 0.29) is 17.8 Å². The molecule has 1 fully saturated rings. The predicted octanol–water partition coefficient (Wildman–Crippen LogP) is 7.56. The first-order valence-corrected chi connectivity index (χ1v) is 12.9. The molecule has 0 saturated heterocycles. The van der Waals surface area contributed by atoms with Crippen LogP contribution in [-0.4, -0.2) is 18.2 Å². The summed E-state index contributed by atoms with van der Waals surface area (Å²) in [7, 11) is 1.57. The fraction of sp³-hybridized carbons (Fsp3) is 0.387. The number of aliphatic carboxylic acids is 1. The topological polar surface area (TPSA) is 55.8 Å². The first-order chi connectivity index (χ1) is 17.4. The maximum Gasteiger partial charge on any atom is 0.306 e. The molecule has 5 heteroatoms. The van der Waals surface area contributed by atoms with Gasteiger partial charge in [0.15, 0.2) is 0 Å². The molecule has 3 atom stereocenters.